The number of nitrogens with zero attached hydrogens (tertiary/aromatic N) is 3. The first-order valence-corrected chi connectivity index (χ1v) is 28.2. The maximum atomic E-state index is 12.4. The fourth-order valence-electron chi connectivity index (χ4n) is 4.68. The molecule has 0 aromatic carbocycles. The van der Waals surface area contributed by atoms with Gasteiger partial charge in [0.15, 0.2) is 25.0 Å². The third kappa shape index (κ3) is 13.1. The van der Waals surface area contributed by atoms with Gasteiger partial charge >= 0.3 is 14.8 Å². The van der Waals surface area contributed by atoms with Crippen molar-refractivity contribution in [1.29, 1.82) is 0 Å². The van der Waals surface area contributed by atoms with Crippen molar-refractivity contribution in [2.24, 2.45) is 5.73 Å². The van der Waals surface area contributed by atoms with Gasteiger partial charge in [-0.15, -0.1) is 0 Å². The number of primary amides is 1. The summed E-state index contributed by atoms with van der Waals surface area (Å²) in [5, 5.41) is 10.4. The third-order valence-corrected chi connectivity index (χ3v) is 18.6. The Labute approximate surface area is 285 Å². The number of nitrogens with two attached hydrogens (primary N) is 1. The highest BCUT2D eigenvalue weighted by Gasteiger charge is 2.54. The third-order valence-electron chi connectivity index (χ3n) is 6.65. The van der Waals surface area contributed by atoms with Crippen LogP contribution in [0.3, 0.4) is 0 Å². The van der Waals surface area contributed by atoms with Crippen LogP contribution < -0.4 is 5.73 Å². The zero-order valence-corrected chi connectivity index (χ0v) is 34.2. The van der Waals surface area contributed by atoms with Gasteiger partial charge in [0.05, 0.1) is 5.70 Å². The largest absolute Gasteiger partial charge is 0.502 e. The van der Waals surface area contributed by atoms with Crippen LogP contribution in [0.1, 0.15) is 26.7 Å². The second kappa shape index (κ2) is 15.7. The Morgan fingerprint density at radius 3 is 1.51 bits per heavy atom. The molecular formula is C31H56N4O8Si4. The smallest absolute Gasteiger partial charge is 0.478 e. The van der Waals surface area contributed by atoms with E-state index in [0.717, 1.165) is 57.0 Å². The molecule has 12 nitrogen and oxygen atoms in total. The minimum atomic E-state index is -3.29. The zero-order chi connectivity index (χ0) is 36.1. The van der Waals surface area contributed by atoms with Crippen LogP contribution in [0.25, 0.3) is 0 Å². The molecular weight excluding hydrogens is 669 g/mol. The second-order valence-corrected chi connectivity index (χ2v) is 31.7. The lowest BCUT2D eigenvalue weighted by atomic mass is 10.0. The summed E-state index contributed by atoms with van der Waals surface area (Å²) in [6.07, 6.45) is 4.04. The average molecular weight is 725 g/mol. The van der Waals surface area contributed by atoms with Gasteiger partial charge in [-0.25, -0.2) is 4.79 Å². The van der Waals surface area contributed by atoms with Crippen LogP contribution in [0.4, 0.5) is 0 Å². The van der Waals surface area contributed by atoms with E-state index < -0.39 is 45.6 Å². The van der Waals surface area contributed by atoms with E-state index in [1.54, 1.807) is 6.92 Å². The van der Waals surface area contributed by atoms with Gasteiger partial charge < -0.3 is 37.9 Å². The van der Waals surface area contributed by atoms with Crippen LogP contribution in [0, 0.1) is 0 Å². The topological polar surface area (TPSA) is 151 Å². The van der Waals surface area contributed by atoms with Crippen LogP contribution in [-0.2, 0) is 31.5 Å². The molecule has 3 N–H and O–H groups in total. The summed E-state index contributed by atoms with van der Waals surface area (Å²) in [6.45, 7) is 31.2. The van der Waals surface area contributed by atoms with E-state index in [-0.39, 0.29) is 11.6 Å². The Kier molecular flexibility index (Phi) is 13.6. The molecule has 0 unspecified atom stereocenters. The molecule has 0 atom stereocenters. The van der Waals surface area contributed by atoms with Crippen molar-refractivity contribution in [2.45, 2.75) is 85.6 Å². The van der Waals surface area contributed by atoms with Crippen molar-refractivity contribution >= 4 is 57.2 Å². The van der Waals surface area contributed by atoms with Gasteiger partial charge in [0.25, 0.3) is 0 Å². The summed E-state index contributed by atoms with van der Waals surface area (Å²) in [7, 11) is -9.40. The summed E-state index contributed by atoms with van der Waals surface area (Å²) < 4.78 is 19.9. The Hall–Kier alpha value is -2.61. The highest BCUT2D eigenvalue weighted by Crippen LogP contribution is 2.36. The van der Waals surface area contributed by atoms with Crippen molar-refractivity contribution in [3.05, 3.63) is 46.6 Å². The maximum Gasteiger partial charge on any atom is 0.502 e. The van der Waals surface area contributed by atoms with Crippen molar-refractivity contribution in [3.63, 3.8) is 0 Å². The van der Waals surface area contributed by atoms with Crippen molar-refractivity contribution in [3.8, 4) is 0 Å². The van der Waals surface area contributed by atoms with E-state index in [2.05, 4.69) is 71.2 Å². The van der Waals surface area contributed by atoms with Crippen molar-refractivity contribution in [1.82, 2.24) is 14.7 Å². The Bertz CT molecular complexity index is 1290. The van der Waals surface area contributed by atoms with Gasteiger partial charge in [-0.3, -0.25) is 14.4 Å². The molecule has 1 aliphatic carbocycles. The van der Waals surface area contributed by atoms with Gasteiger partial charge in [0.2, 0.25) is 17.5 Å². The van der Waals surface area contributed by atoms with Crippen LogP contribution in [0.5, 0.6) is 0 Å². The normalized spacial score (nSPS) is 18.4. The first-order valence-electron chi connectivity index (χ1n) is 16.2. The zero-order valence-electron chi connectivity index (χ0n) is 30.2. The first-order chi connectivity index (χ1) is 21.4. The number of aliphatic carboxylic acids is 1. The molecule has 4 rings (SSSR count). The Balaban J connectivity index is 0.000000296. The van der Waals surface area contributed by atoms with E-state index in [0.29, 0.717) is 29.1 Å². The minimum Gasteiger partial charge on any atom is -0.478 e. The summed E-state index contributed by atoms with van der Waals surface area (Å²) >= 11 is 0. The number of Topliss-reactive ketones (excluding diaryl/α,β-unsaturated/α-hetero) is 1. The Morgan fingerprint density at radius 1 is 0.830 bits per heavy atom. The molecule has 0 spiro atoms. The predicted molar refractivity (Wildman–Crippen MR) is 194 cm³/mol. The van der Waals surface area contributed by atoms with Crippen LogP contribution >= 0.6 is 0 Å². The molecule has 0 bridgehead atoms. The SMILES string of the molecule is C=CC(N)=O.CCC/C(=C(/C)C(=O)O)[Si](O[Si](C)(C)C)(O[Si](C)(C)C)O[Si](C)(C)C.O=C1C=C(N2CC2)C(=O)C(N2CC2)=C1N1CC1. The lowest BCUT2D eigenvalue weighted by molar-refractivity contribution is -0.132. The summed E-state index contributed by atoms with van der Waals surface area (Å²) in [6, 6.07) is 0. The molecule has 3 saturated heterocycles. The van der Waals surface area contributed by atoms with Crippen LogP contribution in [0.2, 0.25) is 58.9 Å². The molecule has 0 radical (unpaired) electrons. The molecule has 3 heterocycles. The molecule has 16 heteroatoms. The number of allylic oxidation sites excluding steroid dienone is 2. The highest BCUT2D eigenvalue weighted by molar-refractivity contribution is 6.93. The minimum absolute atomic E-state index is 0.00546. The van der Waals surface area contributed by atoms with Crippen molar-refractivity contribution in [2.75, 3.05) is 39.3 Å². The lowest BCUT2D eigenvalue weighted by Crippen LogP contribution is -2.62. The van der Waals surface area contributed by atoms with Crippen LogP contribution in [0.15, 0.2) is 46.6 Å². The fourth-order valence-corrected chi connectivity index (χ4v) is 18.6. The number of hydrogen-bond acceptors (Lipinski definition) is 10. The number of ketones is 2. The van der Waals surface area contributed by atoms with E-state index in [1.165, 1.54) is 6.08 Å². The average Bonchev–Trinajstić information content (AvgIpc) is 3.74. The molecule has 1 amide bonds. The van der Waals surface area contributed by atoms with E-state index >= 15 is 0 Å². The maximum absolute atomic E-state index is 12.4. The molecule has 0 saturated carbocycles. The fraction of sp³-hybridized carbons (Fsp3) is 0.613. The van der Waals surface area contributed by atoms with E-state index in [1.807, 2.05) is 21.6 Å². The summed E-state index contributed by atoms with van der Waals surface area (Å²) in [5.74, 6) is -1.35. The summed E-state index contributed by atoms with van der Waals surface area (Å²) in [5.41, 5.74) is 6.74. The Morgan fingerprint density at radius 2 is 1.21 bits per heavy atom. The number of rotatable bonds is 14. The van der Waals surface area contributed by atoms with Gasteiger partial charge in [-0.1, -0.05) is 19.9 Å². The molecule has 264 valence electrons. The van der Waals surface area contributed by atoms with Gasteiger partial charge in [0.1, 0.15) is 11.4 Å². The van der Waals surface area contributed by atoms with Crippen molar-refractivity contribution < 1.29 is 36.6 Å². The predicted octanol–water partition coefficient (Wildman–Crippen LogP) is 4.06. The standard InChI is InChI=1S/C16H38O5Si4.C12H13N3O2.C3H5NO/c1-12-13-15(14(2)16(17)18)25(19-22(3,4)5,20-23(6,7)8)21-24(9,10)11;16-9-7-8(13-1-2-13)12(17)11(15-5-6-15)10(9)14-3-4-14;1-2-3(4)5/h12-13H2,1-11H3,(H,17,18);7H,1-6H2;2H,1H2,(H2,4,5)/b15-14+;;. The van der Waals surface area contributed by atoms with Gasteiger partial charge in [0, 0.05) is 56.1 Å². The number of hydrogen-bond donors (Lipinski definition) is 2. The molecule has 3 aliphatic heterocycles. The number of carbonyl (C=O) groups is 4. The molecule has 0 aromatic heterocycles. The number of amides is 1. The molecule has 4 aliphatic rings. The van der Waals surface area contributed by atoms with Gasteiger partial charge in [-0.05, 0) is 78.3 Å². The van der Waals surface area contributed by atoms with Gasteiger partial charge in [-0.2, -0.15) is 0 Å². The number of carboxylic acids is 1. The van der Waals surface area contributed by atoms with Crippen LogP contribution in [-0.4, -0.2) is 116 Å². The molecule has 47 heavy (non-hydrogen) atoms. The monoisotopic (exact) mass is 724 g/mol. The number of carboxylic acid groups (broad SMARTS) is 1. The first kappa shape index (κ1) is 40.6. The van der Waals surface area contributed by atoms with E-state index in [9.17, 15) is 24.3 Å². The quantitative estimate of drug-likeness (QED) is 0.116. The number of carbonyl (C=O) groups excluding carboxylic acids is 3. The highest BCUT2D eigenvalue weighted by atomic mass is 28.5. The molecule has 3 fully saturated rings. The molecule has 0 aromatic rings. The van der Waals surface area contributed by atoms with E-state index in [4.69, 9.17) is 12.3 Å². The summed E-state index contributed by atoms with van der Waals surface area (Å²) in [4.78, 5) is 51.7. The lowest BCUT2D eigenvalue weighted by Gasteiger charge is -2.44. The second-order valence-electron chi connectivity index (χ2n) is 14.8.